The monoisotopic (exact) mass is 428 g/mol. The fraction of sp³-hybridized carbons (Fsp3) is 0.562. The molecule has 2 aromatic carbocycles. The van der Waals surface area contributed by atoms with Crippen molar-refractivity contribution in [1.82, 2.24) is 0 Å². The Morgan fingerprint density at radius 2 is 1.34 bits per heavy atom. The van der Waals surface area contributed by atoms with Gasteiger partial charge in [0.15, 0.2) is 0 Å². The van der Waals surface area contributed by atoms with Gasteiger partial charge in [0.25, 0.3) is 0 Å². The molecule has 2 aromatic rings. The number of aryl methyl sites for hydroxylation is 1. The average molecular weight is 429 g/mol. The van der Waals surface area contributed by atoms with Crippen molar-refractivity contribution in [1.29, 1.82) is 0 Å². The van der Waals surface area contributed by atoms with Gasteiger partial charge in [0.05, 0.1) is 0 Å². The molecule has 0 nitrogen and oxygen atoms in total. The first-order chi connectivity index (χ1) is 15.8. The highest BCUT2D eigenvalue weighted by molar-refractivity contribution is 5.64. The van der Waals surface area contributed by atoms with Crippen molar-refractivity contribution in [2.75, 3.05) is 0 Å². The Kier molecular flexibility index (Phi) is 8.66. The van der Waals surface area contributed by atoms with Crippen molar-refractivity contribution < 1.29 is 0 Å². The molecule has 0 amide bonds. The third-order valence-corrected chi connectivity index (χ3v) is 8.28. The van der Waals surface area contributed by atoms with Crippen molar-refractivity contribution >= 4 is 0 Å². The Labute approximate surface area is 197 Å². The molecule has 0 heterocycles. The first-order valence-corrected chi connectivity index (χ1v) is 13.6. The first kappa shape index (κ1) is 23.3. The van der Waals surface area contributed by atoms with Crippen LogP contribution < -0.4 is 0 Å². The van der Waals surface area contributed by atoms with Crippen LogP contribution in [0.5, 0.6) is 0 Å². The second kappa shape index (κ2) is 11.9. The highest BCUT2D eigenvalue weighted by atomic mass is 14.3. The zero-order valence-corrected chi connectivity index (χ0v) is 20.6. The second-order valence-corrected chi connectivity index (χ2v) is 10.6. The van der Waals surface area contributed by atoms with Gasteiger partial charge in [0.1, 0.15) is 0 Å². The van der Waals surface area contributed by atoms with Crippen LogP contribution in [0.2, 0.25) is 0 Å². The van der Waals surface area contributed by atoms with Gasteiger partial charge < -0.3 is 0 Å². The molecule has 0 saturated heterocycles. The molecule has 0 N–H and O–H groups in total. The minimum atomic E-state index is 0.609. The number of hydrogen-bond acceptors (Lipinski definition) is 0. The van der Waals surface area contributed by atoms with Gasteiger partial charge in [-0.25, -0.2) is 0 Å². The number of unbranched alkanes of at least 4 members (excludes halogenated alkanes) is 2. The van der Waals surface area contributed by atoms with Crippen LogP contribution in [-0.4, -0.2) is 0 Å². The van der Waals surface area contributed by atoms with Crippen molar-refractivity contribution in [3.8, 4) is 11.1 Å². The molecule has 1 fully saturated rings. The highest BCUT2D eigenvalue weighted by Crippen LogP contribution is 2.41. The van der Waals surface area contributed by atoms with Crippen molar-refractivity contribution in [3.05, 3.63) is 71.8 Å². The minimum absolute atomic E-state index is 0.609. The molecule has 172 valence electrons. The van der Waals surface area contributed by atoms with Gasteiger partial charge in [-0.15, -0.1) is 0 Å². The molecule has 2 unspecified atom stereocenters. The average Bonchev–Trinajstić information content (AvgIpc) is 2.86. The summed E-state index contributed by atoms with van der Waals surface area (Å²) in [5.41, 5.74) is 5.61. The molecule has 0 bridgehead atoms. The number of benzene rings is 2. The maximum atomic E-state index is 2.59. The number of hydrogen-bond donors (Lipinski definition) is 0. The standard InChI is InChI=1S/C32H44/c1-3-5-6-8-26-11-15-28(16-12-26)30-19-23-32(24-20-30)31-21-17-29(18-22-31)27-13-9-25(7-4-2)10-14-27/h9-10,13-14,17-19,21-23,26,28,30,32H,3-8,11-12,15-16,20,24H2,1-2H3. The molecular formula is C32H44. The summed E-state index contributed by atoms with van der Waals surface area (Å²) in [4.78, 5) is 0. The summed E-state index contributed by atoms with van der Waals surface area (Å²) in [6, 6.07) is 18.5. The second-order valence-electron chi connectivity index (χ2n) is 10.6. The third kappa shape index (κ3) is 6.15. The summed E-state index contributed by atoms with van der Waals surface area (Å²) in [6.07, 6.45) is 21.9. The molecule has 0 spiro atoms. The lowest BCUT2D eigenvalue weighted by atomic mass is 9.70. The zero-order valence-electron chi connectivity index (χ0n) is 20.6. The molecule has 0 aromatic heterocycles. The van der Waals surface area contributed by atoms with Crippen LogP contribution in [0.4, 0.5) is 0 Å². The van der Waals surface area contributed by atoms with E-state index in [-0.39, 0.29) is 0 Å². The Bertz CT molecular complexity index is 817. The largest absolute Gasteiger partial charge is 0.0845 e. The molecule has 0 heteroatoms. The van der Waals surface area contributed by atoms with E-state index in [0.717, 1.165) is 17.8 Å². The predicted octanol–water partition coefficient (Wildman–Crippen LogP) is 9.74. The van der Waals surface area contributed by atoms with Crippen LogP contribution in [0.25, 0.3) is 11.1 Å². The van der Waals surface area contributed by atoms with Crippen LogP contribution in [-0.2, 0) is 6.42 Å². The van der Waals surface area contributed by atoms with Crippen molar-refractivity contribution in [2.45, 2.75) is 96.8 Å². The Morgan fingerprint density at radius 3 is 1.94 bits per heavy atom. The van der Waals surface area contributed by atoms with Crippen LogP contribution in [0, 0.1) is 17.8 Å². The van der Waals surface area contributed by atoms with Gasteiger partial charge in [-0.2, -0.15) is 0 Å². The minimum Gasteiger partial charge on any atom is -0.0845 e. The van der Waals surface area contributed by atoms with Gasteiger partial charge in [0.2, 0.25) is 0 Å². The zero-order chi connectivity index (χ0) is 22.2. The molecule has 32 heavy (non-hydrogen) atoms. The summed E-state index contributed by atoms with van der Waals surface area (Å²) >= 11 is 0. The van der Waals surface area contributed by atoms with Crippen LogP contribution in [0.1, 0.15) is 102 Å². The molecule has 2 aliphatic carbocycles. The van der Waals surface area contributed by atoms with Crippen LogP contribution in [0.3, 0.4) is 0 Å². The molecule has 4 rings (SSSR count). The van der Waals surface area contributed by atoms with E-state index in [4.69, 9.17) is 0 Å². The lowest BCUT2D eigenvalue weighted by molar-refractivity contribution is 0.207. The Balaban J connectivity index is 1.28. The smallest absolute Gasteiger partial charge is 0.00182 e. The lowest BCUT2D eigenvalue weighted by Crippen LogP contribution is -2.23. The van der Waals surface area contributed by atoms with Gasteiger partial charge >= 0.3 is 0 Å². The summed E-state index contributed by atoms with van der Waals surface area (Å²) in [6.45, 7) is 4.56. The fourth-order valence-electron chi connectivity index (χ4n) is 6.18. The van der Waals surface area contributed by atoms with Crippen molar-refractivity contribution in [2.24, 2.45) is 17.8 Å². The summed E-state index contributed by atoms with van der Waals surface area (Å²) in [5.74, 6) is 3.42. The molecular weight excluding hydrogens is 384 g/mol. The van der Waals surface area contributed by atoms with E-state index < -0.39 is 0 Å². The fourth-order valence-corrected chi connectivity index (χ4v) is 6.18. The SMILES string of the molecule is CCCCCC1CCC(C2C=CC(c3ccc(-c4ccc(CCC)cc4)cc3)CC2)CC1. The predicted molar refractivity (Wildman–Crippen MR) is 140 cm³/mol. The van der Waals surface area contributed by atoms with E-state index in [2.05, 4.69) is 74.5 Å². The van der Waals surface area contributed by atoms with Gasteiger partial charge in [-0.3, -0.25) is 0 Å². The summed E-state index contributed by atoms with van der Waals surface area (Å²) in [5, 5.41) is 0. The molecule has 0 radical (unpaired) electrons. The number of rotatable bonds is 9. The number of allylic oxidation sites excluding steroid dienone is 2. The topological polar surface area (TPSA) is 0 Å². The van der Waals surface area contributed by atoms with E-state index in [1.807, 2.05) is 0 Å². The molecule has 1 saturated carbocycles. The first-order valence-electron chi connectivity index (χ1n) is 13.6. The highest BCUT2D eigenvalue weighted by Gasteiger charge is 2.28. The van der Waals surface area contributed by atoms with Crippen LogP contribution in [0.15, 0.2) is 60.7 Å². The van der Waals surface area contributed by atoms with E-state index >= 15 is 0 Å². The maximum Gasteiger partial charge on any atom is 0.00182 e. The Hall–Kier alpha value is -1.82. The van der Waals surface area contributed by atoms with E-state index in [1.165, 1.54) is 99.3 Å². The van der Waals surface area contributed by atoms with Gasteiger partial charge in [-0.1, -0.05) is 119 Å². The lowest BCUT2D eigenvalue weighted by Gasteiger charge is -2.35. The van der Waals surface area contributed by atoms with E-state index in [9.17, 15) is 0 Å². The maximum absolute atomic E-state index is 2.59. The van der Waals surface area contributed by atoms with E-state index in [0.29, 0.717) is 5.92 Å². The summed E-state index contributed by atoms with van der Waals surface area (Å²) < 4.78 is 0. The third-order valence-electron chi connectivity index (χ3n) is 8.28. The molecule has 2 atom stereocenters. The summed E-state index contributed by atoms with van der Waals surface area (Å²) in [7, 11) is 0. The Morgan fingerprint density at radius 1 is 0.656 bits per heavy atom. The van der Waals surface area contributed by atoms with Crippen LogP contribution >= 0.6 is 0 Å². The van der Waals surface area contributed by atoms with E-state index in [1.54, 1.807) is 0 Å². The van der Waals surface area contributed by atoms with Gasteiger partial charge in [0, 0.05) is 5.92 Å². The normalized spacial score (nSPS) is 25.7. The molecule has 0 aliphatic heterocycles. The molecule has 2 aliphatic rings. The van der Waals surface area contributed by atoms with Gasteiger partial charge in [-0.05, 0) is 72.1 Å². The quantitative estimate of drug-likeness (QED) is 0.275. The van der Waals surface area contributed by atoms with Crippen molar-refractivity contribution in [3.63, 3.8) is 0 Å².